The summed E-state index contributed by atoms with van der Waals surface area (Å²) < 4.78 is 5.62. The van der Waals surface area contributed by atoms with Gasteiger partial charge in [-0.3, -0.25) is 0 Å². The quantitative estimate of drug-likeness (QED) is 0.115. The molecule has 0 spiro atoms. The fraction of sp³-hybridized carbons (Fsp3) is 0.170. The summed E-state index contributed by atoms with van der Waals surface area (Å²) in [7, 11) is 0. The van der Waals surface area contributed by atoms with Crippen molar-refractivity contribution in [1.29, 1.82) is 0 Å². The molecule has 0 radical (unpaired) electrons. The van der Waals surface area contributed by atoms with Gasteiger partial charge in [0.05, 0.1) is 17.9 Å². The van der Waals surface area contributed by atoms with Crippen LogP contribution in [-0.4, -0.2) is 12.6 Å². The minimum atomic E-state index is -0.307. The molecule has 0 aromatic heterocycles. The maximum absolute atomic E-state index is 13.6. The van der Waals surface area contributed by atoms with Crippen molar-refractivity contribution < 1.29 is 9.53 Å². The molecule has 3 nitrogen and oxygen atoms in total. The topological polar surface area (TPSA) is 29.5 Å². The first kappa shape index (κ1) is 32.9. The number of hydrogen-bond donors (Lipinski definition) is 0. The number of ether oxygens (including phenoxy) is 1. The van der Waals surface area contributed by atoms with E-state index in [2.05, 4.69) is 154 Å². The Morgan fingerprint density at radius 2 is 0.820 bits per heavy atom. The van der Waals surface area contributed by atoms with Gasteiger partial charge in [-0.1, -0.05) is 161 Å². The van der Waals surface area contributed by atoms with E-state index in [1.54, 1.807) is 0 Å². The van der Waals surface area contributed by atoms with Crippen LogP contribution in [0.3, 0.4) is 0 Å². The van der Waals surface area contributed by atoms with Crippen LogP contribution in [0.1, 0.15) is 67.2 Å². The number of carbonyl (C=O) groups excluding carboxylic acids is 1. The van der Waals surface area contributed by atoms with Gasteiger partial charge in [-0.2, -0.15) is 0 Å². The van der Waals surface area contributed by atoms with Crippen LogP contribution < -0.4 is 4.90 Å². The van der Waals surface area contributed by atoms with Gasteiger partial charge in [0.1, 0.15) is 0 Å². The second kappa shape index (κ2) is 13.3. The van der Waals surface area contributed by atoms with Crippen molar-refractivity contribution >= 4 is 44.6 Å². The summed E-state index contributed by atoms with van der Waals surface area (Å²) in [6, 6.07) is 55.6. The third-order valence-electron chi connectivity index (χ3n) is 10.3. The van der Waals surface area contributed by atoms with Crippen molar-refractivity contribution in [2.45, 2.75) is 45.4 Å². The van der Waals surface area contributed by atoms with Gasteiger partial charge in [0.15, 0.2) is 0 Å². The number of hydrogen-bond acceptors (Lipinski definition) is 3. The minimum absolute atomic E-state index is 0.171. The van der Waals surface area contributed by atoms with Crippen molar-refractivity contribution in [3.8, 4) is 0 Å². The first-order chi connectivity index (χ1) is 24.2. The molecule has 0 atom stereocenters. The lowest BCUT2D eigenvalue weighted by molar-refractivity contribution is 0.0531. The largest absolute Gasteiger partial charge is 0.462 e. The van der Waals surface area contributed by atoms with Crippen LogP contribution in [-0.2, 0) is 15.6 Å². The predicted molar refractivity (Wildman–Crippen MR) is 209 cm³/mol. The fourth-order valence-corrected chi connectivity index (χ4v) is 7.27. The van der Waals surface area contributed by atoms with E-state index in [1.165, 1.54) is 22.3 Å². The SMILES string of the molecule is CCOC(=O)c1c2ccccc2c(N(c2ccc(C(C)(C)c3ccccc3)cc2)c2ccc(C(C)(C)c3ccccc3)cc2)c2ccccc12. The minimum Gasteiger partial charge on any atom is -0.462 e. The molecule has 248 valence electrons. The molecular formula is C47H43NO2. The summed E-state index contributed by atoms with van der Waals surface area (Å²) in [5.41, 5.74) is 8.36. The predicted octanol–water partition coefficient (Wildman–Crippen LogP) is 12.3. The van der Waals surface area contributed by atoms with Gasteiger partial charge in [0, 0.05) is 33.0 Å². The Morgan fingerprint density at radius 1 is 0.480 bits per heavy atom. The molecule has 0 saturated carbocycles. The molecule has 0 amide bonds. The van der Waals surface area contributed by atoms with E-state index in [4.69, 9.17) is 4.74 Å². The first-order valence-electron chi connectivity index (χ1n) is 17.4. The lowest BCUT2D eigenvalue weighted by Gasteiger charge is -2.32. The number of carbonyl (C=O) groups is 1. The second-order valence-electron chi connectivity index (χ2n) is 13.9. The van der Waals surface area contributed by atoms with Crippen LogP contribution in [0.2, 0.25) is 0 Å². The van der Waals surface area contributed by atoms with Crippen molar-refractivity contribution in [2.24, 2.45) is 0 Å². The zero-order chi connectivity index (χ0) is 34.9. The third-order valence-corrected chi connectivity index (χ3v) is 10.3. The number of fused-ring (bicyclic) bond motifs is 2. The first-order valence-corrected chi connectivity index (χ1v) is 17.4. The molecule has 7 rings (SSSR count). The monoisotopic (exact) mass is 653 g/mol. The molecule has 3 heteroatoms. The molecule has 50 heavy (non-hydrogen) atoms. The Balaban J connectivity index is 1.45. The average Bonchev–Trinajstić information content (AvgIpc) is 3.16. The molecule has 0 saturated heterocycles. The molecule has 0 N–H and O–H groups in total. The van der Waals surface area contributed by atoms with Crippen LogP contribution in [0.25, 0.3) is 21.5 Å². The van der Waals surface area contributed by atoms with Gasteiger partial charge in [0.2, 0.25) is 0 Å². The number of rotatable bonds is 9. The van der Waals surface area contributed by atoms with Crippen LogP contribution in [0.5, 0.6) is 0 Å². The smallest absolute Gasteiger partial charge is 0.339 e. The summed E-state index contributed by atoms with van der Waals surface area (Å²) in [6.45, 7) is 11.3. The zero-order valence-corrected chi connectivity index (χ0v) is 29.5. The van der Waals surface area contributed by atoms with E-state index in [0.717, 1.165) is 38.6 Å². The summed E-state index contributed by atoms with van der Waals surface area (Å²) in [5.74, 6) is -0.307. The van der Waals surface area contributed by atoms with E-state index in [0.29, 0.717) is 12.2 Å². The van der Waals surface area contributed by atoms with Crippen molar-refractivity contribution in [3.63, 3.8) is 0 Å². The lowest BCUT2D eigenvalue weighted by atomic mass is 9.78. The molecular weight excluding hydrogens is 611 g/mol. The zero-order valence-electron chi connectivity index (χ0n) is 29.5. The summed E-state index contributed by atoms with van der Waals surface area (Å²) in [5, 5.41) is 3.70. The molecule has 0 aliphatic rings. The Morgan fingerprint density at radius 3 is 1.20 bits per heavy atom. The summed E-state index contributed by atoms with van der Waals surface area (Å²) in [6.07, 6.45) is 0. The highest BCUT2D eigenvalue weighted by atomic mass is 16.5. The van der Waals surface area contributed by atoms with E-state index in [1.807, 2.05) is 43.3 Å². The number of nitrogens with zero attached hydrogens (tertiary/aromatic N) is 1. The van der Waals surface area contributed by atoms with Crippen molar-refractivity contribution in [3.05, 3.63) is 186 Å². The molecule has 0 aliphatic heterocycles. The standard InChI is InChI=1S/C47H43NO2/c1-6-50-45(49)43-39-21-13-15-23-41(39)44(42-24-16-14-22-40(42)43)48(37-29-25-35(26-30-37)46(2,3)33-17-9-7-10-18-33)38-31-27-36(28-32-38)47(4,5)34-19-11-8-12-20-34/h7-32H,6H2,1-5H3. The summed E-state index contributed by atoms with van der Waals surface area (Å²) >= 11 is 0. The molecule has 7 aromatic rings. The van der Waals surface area contributed by atoms with Gasteiger partial charge >= 0.3 is 5.97 Å². The third kappa shape index (κ3) is 5.83. The van der Waals surface area contributed by atoms with Crippen LogP contribution in [0, 0.1) is 0 Å². The highest BCUT2D eigenvalue weighted by Gasteiger charge is 2.28. The second-order valence-corrected chi connectivity index (χ2v) is 13.9. The van der Waals surface area contributed by atoms with E-state index in [9.17, 15) is 4.79 Å². The summed E-state index contributed by atoms with van der Waals surface area (Å²) in [4.78, 5) is 15.9. The lowest BCUT2D eigenvalue weighted by Crippen LogP contribution is -2.20. The molecule has 7 aromatic carbocycles. The Hall–Kier alpha value is -5.67. The Labute approximate surface area is 295 Å². The highest BCUT2D eigenvalue weighted by molar-refractivity contribution is 6.24. The fourth-order valence-electron chi connectivity index (χ4n) is 7.27. The van der Waals surface area contributed by atoms with Gasteiger partial charge < -0.3 is 9.64 Å². The van der Waals surface area contributed by atoms with E-state index >= 15 is 0 Å². The molecule has 0 unspecified atom stereocenters. The number of benzene rings is 7. The van der Waals surface area contributed by atoms with Gasteiger partial charge in [0.25, 0.3) is 0 Å². The Bertz CT molecular complexity index is 2120. The van der Waals surface area contributed by atoms with Gasteiger partial charge in [-0.15, -0.1) is 0 Å². The van der Waals surface area contributed by atoms with Gasteiger partial charge in [-0.05, 0) is 64.2 Å². The van der Waals surface area contributed by atoms with Crippen molar-refractivity contribution in [1.82, 2.24) is 0 Å². The van der Waals surface area contributed by atoms with Crippen LogP contribution in [0.15, 0.2) is 158 Å². The van der Waals surface area contributed by atoms with Gasteiger partial charge in [-0.25, -0.2) is 4.79 Å². The normalized spacial score (nSPS) is 11.9. The maximum Gasteiger partial charge on any atom is 0.339 e. The molecule has 0 bridgehead atoms. The van der Waals surface area contributed by atoms with Crippen molar-refractivity contribution in [2.75, 3.05) is 11.5 Å². The average molecular weight is 654 g/mol. The maximum atomic E-state index is 13.6. The molecule has 0 fully saturated rings. The van der Waals surface area contributed by atoms with Crippen LogP contribution >= 0.6 is 0 Å². The number of anilines is 3. The van der Waals surface area contributed by atoms with Crippen LogP contribution in [0.4, 0.5) is 17.1 Å². The van der Waals surface area contributed by atoms with E-state index < -0.39 is 0 Å². The van der Waals surface area contributed by atoms with E-state index in [-0.39, 0.29) is 16.8 Å². The molecule has 0 aliphatic carbocycles. The molecule has 0 heterocycles. The number of esters is 1. The highest BCUT2D eigenvalue weighted by Crippen LogP contribution is 2.46. The Kier molecular flexibility index (Phi) is 8.76.